The number of amides is 4. The number of nitrogens with one attached hydrogen (secondary N) is 2. The van der Waals surface area contributed by atoms with E-state index in [0.717, 1.165) is 37.7 Å². The Bertz CT molecular complexity index is 1470. The highest BCUT2D eigenvalue weighted by Crippen LogP contribution is 2.45. The summed E-state index contributed by atoms with van der Waals surface area (Å²) in [6.07, 6.45) is 7.53. The molecule has 5 rings (SSSR count). The number of carbonyl (C=O) groups is 5. The van der Waals surface area contributed by atoms with E-state index in [1.165, 1.54) is 10.5 Å². The van der Waals surface area contributed by atoms with E-state index in [9.17, 15) is 29.1 Å². The highest BCUT2D eigenvalue weighted by atomic mass is 16.6. The third-order valence-corrected chi connectivity index (χ3v) is 10.0. The molecule has 3 heterocycles. The lowest BCUT2D eigenvalue weighted by molar-refractivity contribution is -0.145. The van der Waals surface area contributed by atoms with Crippen molar-refractivity contribution in [2.45, 2.75) is 134 Å². The van der Waals surface area contributed by atoms with E-state index in [1.807, 2.05) is 30.4 Å². The summed E-state index contributed by atoms with van der Waals surface area (Å²) in [4.78, 5) is 70.2. The quantitative estimate of drug-likeness (QED) is 0.376. The number of carboxylic acid groups (broad SMARTS) is 1. The Balaban J connectivity index is 1.39. The molecule has 0 aromatic heterocycles. The van der Waals surface area contributed by atoms with Crippen molar-refractivity contribution in [3.05, 3.63) is 47.5 Å². The summed E-state index contributed by atoms with van der Waals surface area (Å²) in [5, 5.41) is 15.7. The highest BCUT2D eigenvalue weighted by Gasteiger charge is 2.61. The van der Waals surface area contributed by atoms with Crippen molar-refractivity contribution >= 4 is 30.0 Å². The van der Waals surface area contributed by atoms with Gasteiger partial charge >= 0.3 is 18.2 Å². The van der Waals surface area contributed by atoms with Gasteiger partial charge in [0, 0.05) is 30.8 Å². The minimum Gasteiger partial charge on any atom is -0.479 e. The lowest BCUT2D eigenvalue weighted by atomic mass is 9.78. The Morgan fingerprint density at radius 3 is 2.49 bits per heavy atom. The van der Waals surface area contributed by atoms with E-state index in [2.05, 4.69) is 30.5 Å². The Morgan fingerprint density at radius 1 is 1.04 bits per heavy atom. The van der Waals surface area contributed by atoms with E-state index in [4.69, 9.17) is 9.47 Å². The summed E-state index contributed by atoms with van der Waals surface area (Å²) in [5.74, 6) is -2.63. The first-order valence-electron chi connectivity index (χ1n) is 17.7. The van der Waals surface area contributed by atoms with Crippen molar-refractivity contribution in [1.29, 1.82) is 0 Å². The minimum atomic E-state index is -1.47. The van der Waals surface area contributed by atoms with E-state index in [0.29, 0.717) is 25.9 Å². The lowest BCUT2D eigenvalue weighted by Gasteiger charge is -2.39. The molecule has 268 valence electrons. The monoisotopic (exact) mass is 680 g/mol. The van der Waals surface area contributed by atoms with Crippen LogP contribution in [0.1, 0.15) is 104 Å². The number of carbonyl (C=O) groups excluding carboxylic acids is 4. The summed E-state index contributed by atoms with van der Waals surface area (Å²) in [6.45, 7) is 10.1. The highest BCUT2D eigenvalue weighted by molar-refractivity contribution is 5.96. The number of nitrogens with zero attached hydrogens (tertiary/aromatic N) is 2. The van der Waals surface area contributed by atoms with Gasteiger partial charge in [-0.3, -0.25) is 9.59 Å². The second kappa shape index (κ2) is 14.4. The molecule has 3 aliphatic heterocycles. The Labute approximate surface area is 288 Å². The summed E-state index contributed by atoms with van der Waals surface area (Å²) < 4.78 is 11.5. The molecule has 5 atom stereocenters. The molecule has 2 fully saturated rings. The van der Waals surface area contributed by atoms with Gasteiger partial charge in [0.2, 0.25) is 11.8 Å². The molecule has 1 aliphatic carbocycles. The van der Waals surface area contributed by atoms with Gasteiger partial charge in [0.15, 0.2) is 0 Å². The van der Waals surface area contributed by atoms with Crippen LogP contribution in [-0.4, -0.2) is 87.3 Å². The van der Waals surface area contributed by atoms with Crippen LogP contribution in [0.4, 0.5) is 9.59 Å². The molecule has 1 aromatic rings. The Kier molecular flexibility index (Phi) is 10.6. The minimum absolute atomic E-state index is 0.00744. The second-order valence-corrected chi connectivity index (χ2v) is 15.7. The molecule has 0 unspecified atom stereocenters. The fourth-order valence-electron chi connectivity index (χ4n) is 7.44. The van der Waals surface area contributed by atoms with E-state index in [1.54, 1.807) is 25.7 Å². The van der Waals surface area contributed by atoms with Crippen molar-refractivity contribution in [1.82, 2.24) is 20.4 Å². The molecule has 12 heteroatoms. The third kappa shape index (κ3) is 8.56. The number of benzene rings is 1. The number of ether oxygens (including phenoxy) is 2. The largest absolute Gasteiger partial charge is 0.479 e. The number of aliphatic carboxylic acids is 1. The SMILES string of the molecule is CC(C)(C)OC(=O)N[C@H]1CCCCCCC/C=C\[C@@H]2C[C@@]2(C(=O)O)NC(=O)[C@@H]2C[C@@H](OC(=O)N3Cc4ccccc4C(C)(C)C3)CN2C1=O. The van der Waals surface area contributed by atoms with Gasteiger partial charge in [0.1, 0.15) is 29.3 Å². The third-order valence-electron chi connectivity index (χ3n) is 10.0. The number of carboxylic acids is 1. The fraction of sp³-hybridized carbons (Fsp3) is 0.649. The number of fused-ring (bicyclic) bond motifs is 3. The molecular weight excluding hydrogens is 628 g/mol. The number of hydrogen-bond donors (Lipinski definition) is 3. The summed E-state index contributed by atoms with van der Waals surface area (Å²) in [7, 11) is 0. The normalized spacial score (nSPS) is 29.7. The summed E-state index contributed by atoms with van der Waals surface area (Å²) in [6, 6.07) is 5.89. The van der Waals surface area contributed by atoms with Gasteiger partial charge in [-0.25, -0.2) is 14.4 Å². The zero-order chi connectivity index (χ0) is 35.6. The molecule has 4 amide bonds. The van der Waals surface area contributed by atoms with Crippen LogP contribution >= 0.6 is 0 Å². The smallest absolute Gasteiger partial charge is 0.410 e. The van der Waals surface area contributed by atoms with Crippen LogP contribution in [-0.2, 0) is 35.8 Å². The maximum absolute atomic E-state index is 14.3. The lowest BCUT2D eigenvalue weighted by Crippen LogP contribution is -2.56. The molecular formula is C37H52N4O8. The van der Waals surface area contributed by atoms with Crippen LogP contribution in [0.2, 0.25) is 0 Å². The van der Waals surface area contributed by atoms with Crippen LogP contribution in [0.15, 0.2) is 36.4 Å². The molecule has 1 aromatic carbocycles. The predicted molar refractivity (Wildman–Crippen MR) is 181 cm³/mol. The molecule has 0 spiro atoms. The van der Waals surface area contributed by atoms with Crippen molar-refractivity contribution < 1.29 is 38.6 Å². The Hall–Kier alpha value is -4.09. The van der Waals surface area contributed by atoms with Crippen molar-refractivity contribution in [2.24, 2.45) is 5.92 Å². The zero-order valence-electron chi connectivity index (χ0n) is 29.5. The van der Waals surface area contributed by atoms with Crippen molar-refractivity contribution in [3.8, 4) is 0 Å². The van der Waals surface area contributed by atoms with Crippen molar-refractivity contribution in [2.75, 3.05) is 13.1 Å². The van der Waals surface area contributed by atoms with Crippen LogP contribution in [0.3, 0.4) is 0 Å². The second-order valence-electron chi connectivity index (χ2n) is 15.7. The average Bonchev–Trinajstić information content (AvgIpc) is 3.55. The van der Waals surface area contributed by atoms with Gasteiger partial charge in [-0.2, -0.15) is 0 Å². The first kappa shape index (κ1) is 36.2. The standard InChI is InChI=1S/C37H52N4O8/c1-35(2,3)49-33(46)38-28-18-12-10-8-6-7-9-11-16-25-20-37(25,32(44)45)39-30(42)29-19-26(22-41(29)31(28)43)48-34(47)40-21-24-15-13-14-17-27(24)36(4,5)23-40/h11,13-17,25-26,28-29H,6-10,12,18-23H2,1-5H3,(H,38,46)(H,39,42)(H,44,45)/b16-11-/t25-,26-,28+,29+,37-/m1/s1. The van der Waals surface area contributed by atoms with Gasteiger partial charge in [-0.05, 0) is 57.6 Å². The molecule has 4 aliphatic rings. The average molecular weight is 681 g/mol. The van der Waals surface area contributed by atoms with Crippen LogP contribution in [0, 0.1) is 5.92 Å². The molecule has 0 radical (unpaired) electrons. The topological polar surface area (TPSA) is 155 Å². The Morgan fingerprint density at radius 2 is 1.76 bits per heavy atom. The summed E-state index contributed by atoms with van der Waals surface area (Å²) >= 11 is 0. The molecule has 1 saturated heterocycles. The molecule has 49 heavy (non-hydrogen) atoms. The van der Waals surface area contributed by atoms with Gasteiger partial charge in [0.25, 0.3) is 0 Å². The van der Waals surface area contributed by atoms with Crippen LogP contribution in [0.5, 0.6) is 0 Å². The van der Waals surface area contributed by atoms with Gasteiger partial charge < -0.3 is 35.0 Å². The van der Waals surface area contributed by atoms with E-state index >= 15 is 0 Å². The first-order chi connectivity index (χ1) is 23.1. The fourth-order valence-corrected chi connectivity index (χ4v) is 7.44. The number of alkyl carbamates (subject to hydrolysis) is 1. The maximum atomic E-state index is 14.3. The van der Waals surface area contributed by atoms with Gasteiger partial charge in [-0.1, -0.05) is 75.9 Å². The molecule has 3 N–H and O–H groups in total. The number of hydrogen-bond acceptors (Lipinski definition) is 7. The van der Waals surface area contributed by atoms with Gasteiger partial charge in [0.05, 0.1) is 6.54 Å². The van der Waals surface area contributed by atoms with Crippen LogP contribution in [0.25, 0.3) is 0 Å². The predicted octanol–water partition coefficient (Wildman–Crippen LogP) is 5.04. The van der Waals surface area contributed by atoms with Gasteiger partial charge in [-0.15, -0.1) is 0 Å². The molecule has 0 bridgehead atoms. The molecule has 1 saturated carbocycles. The number of allylic oxidation sites excluding steroid dienone is 1. The first-order valence-corrected chi connectivity index (χ1v) is 17.7. The van der Waals surface area contributed by atoms with Crippen LogP contribution < -0.4 is 10.6 Å². The maximum Gasteiger partial charge on any atom is 0.410 e. The zero-order valence-corrected chi connectivity index (χ0v) is 29.5. The van der Waals surface area contributed by atoms with Crippen molar-refractivity contribution in [3.63, 3.8) is 0 Å². The molecule has 12 nitrogen and oxygen atoms in total. The van der Waals surface area contributed by atoms with E-state index < -0.39 is 59.3 Å². The van der Waals surface area contributed by atoms with E-state index in [-0.39, 0.29) is 30.7 Å². The summed E-state index contributed by atoms with van der Waals surface area (Å²) in [5.41, 5.74) is -0.369. The number of rotatable bonds is 3.